The Kier molecular flexibility index (Phi) is 1.15. The fourth-order valence-corrected chi connectivity index (χ4v) is 1.95. The predicted octanol–water partition coefficient (Wildman–Crippen LogP) is 2.56. The van der Waals surface area contributed by atoms with Crippen LogP contribution in [0.3, 0.4) is 0 Å². The van der Waals surface area contributed by atoms with E-state index in [-0.39, 0.29) is 10.8 Å². The molecule has 0 aromatic carbocycles. The average molecular weight is 147 g/mol. The molecule has 0 saturated heterocycles. The molecule has 1 aliphatic heterocycles. The SMILES string of the molecule is CC12C=CN=CC(C)(C=C1)C2. The van der Waals surface area contributed by atoms with Crippen molar-refractivity contribution in [2.45, 2.75) is 20.3 Å². The molecule has 0 N–H and O–H groups in total. The molecule has 1 nitrogen and oxygen atoms in total. The third-order valence-corrected chi connectivity index (χ3v) is 2.52. The standard InChI is InChI=1S/C10H13N/c1-9-3-4-10(2,7-9)8-11-6-5-9/h3-6,8H,7H2,1-2H3. The van der Waals surface area contributed by atoms with Gasteiger partial charge < -0.3 is 0 Å². The summed E-state index contributed by atoms with van der Waals surface area (Å²) in [5.41, 5.74) is 0.462. The Morgan fingerprint density at radius 1 is 1.09 bits per heavy atom. The van der Waals surface area contributed by atoms with Gasteiger partial charge in [-0.25, -0.2) is 0 Å². The molecule has 2 bridgehead atoms. The number of hydrogen-bond donors (Lipinski definition) is 0. The largest absolute Gasteiger partial charge is 0.268 e. The summed E-state index contributed by atoms with van der Waals surface area (Å²) in [7, 11) is 0. The molecule has 0 radical (unpaired) electrons. The highest BCUT2D eigenvalue weighted by Crippen LogP contribution is 2.44. The number of fused-ring (bicyclic) bond motifs is 2. The summed E-state index contributed by atoms with van der Waals surface area (Å²) in [6.07, 6.45) is 11.8. The maximum atomic E-state index is 4.21. The third-order valence-electron chi connectivity index (χ3n) is 2.52. The average Bonchev–Trinajstić information content (AvgIpc) is 2.11. The summed E-state index contributed by atoms with van der Waals surface area (Å²) in [6.45, 7) is 4.48. The molecule has 0 aromatic rings. The molecule has 0 fully saturated rings. The Morgan fingerprint density at radius 3 is 2.64 bits per heavy atom. The van der Waals surface area contributed by atoms with Gasteiger partial charge in [0, 0.05) is 23.2 Å². The Bertz CT molecular complexity index is 236. The van der Waals surface area contributed by atoms with E-state index in [1.165, 1.54) is 6.42 Å². The van der Waals surface area contributed by atoms with Gasteiger partial charge in [-0.1, -0.05) is 32.1 Å². The summed E-state index contributed by atoms with van der Waals surface area (Å²) in [6, 6.07) is 0. The second kappa shape index (κ2) is 1.84. The van der Waals surface area contributed by atoms with Crippen LogP contribution in [0.15, 0.2) is 29.4 Å². The van der Waals surface area contributed by atoms with Crippen LogP contribution in [-0.2, 0) is 0 Å². The van der Waals surface area contributed by atoms with Gasteiger partial charge >= 0.3 is 0 Å². The zero-order valence-corrected chi connectivity index (χ0v) is 7.04. The number of aliphatic imine (C=N–C) groups is 1. The van der Waals surface area contributed by atoms with Crippen LogP contribution in [0.4, 0.5) is 0 Å². The lowest BCUT2D eigenvalue weighted by Gasteiger charge is -2.21. The van der Waals surface area contributed by atoms with Gasteiger partial charge in [-0.2, -0.15) is 0 Å². The van der Waals surface area contributed by atoms with Crippen LogP contribution in [0.25, 0.3) is 0 Å². The first-order valence-corrected chi connectivity index (χ1v) is 4.04. The smallest absolute Gasteiger partial charge is 0.0232 e. The summed E-state index contributed by atoms with van der Waals surface area (Å²) < 4.78 is 0. The molecule has 0 amide bonds. The van der Waals surface area contributed by atoms with E-state index < -0.39 is 0 Å². The maximum Gasteiger partial charge on any atom is 0.0232 e. The van der Waals surface area contributed by atoms with Crippen LogP contribution in [0.2, 0.25) is 0 Å². The highest BCUT2D eigenvalue weighted by atomic mass is 14.7. The fourth-order valence-electron chi connectivity index (χ4n) is 1.95. The van der Waals surface area contributed by atoms with Crippen molar-refractivity contribution >= 4 is 6.21 Å². The molecule has 0 saturated carbocycles. The normalized spacial score (nSPS) is 46.4. The molecule has 2 aliphatic rings. The van der Waals surface area contributed by atoms with E-state index in [4.69, 9.17) is 0 Å². The molecule has 2 atom stereocenters. The van der Waals surface area contributed by atoms with Crippen LogP contribution < -0.4 is 0 Å². The van der Waals surface area contributed by atoms with Gasteiger partial charge in [0.2, 0.25) is 0 Å². The van der Waals surface area contributed by atoms with E-state index in [1.807, 2.05) is 12.4 Å². The van der Waals surface area contributed by atoms with E-state index in [9.17, 15) is 0 Å². The van der Waals surface area contributed by atoms with E-state index >= 15 is 0 Å². The fraction of sp³-hybridized carbons (Fsp3) is 0.500. The molecule has 58 valence electrons. The second-order valence-corrected chi connectivity index (χ2v) is 4.12. The number of allylic oxidation sites excluding steroid dienone is 3. The Hall–Kier alpha value is -0.850. The lowest BCUT2D eigenvalue weighted by atomic mass is 9.82. The highest BCUT2D eigenvalue weighted by Gasteiger charge is 2.35. The number of rotatable bonds is 0. The number of nitrogens with zero attached hydrogens (tertiary/aromatic N) is 1. The lowest BCUT2D eigenvalue weighted by Crippen LogP contribution is -2.16. The van der Waals surface area contributed by atoms with Crippen LogP contribution in [-0.4, -0.2) is 6.21 Å². The van der Waals surface area contributed by atoms with Gasteiger partial charge in [0.15, 0.2) is 0 Å². The first-order chi connectivity index (χ1) is 5.12. The Balaban J connectivity index is 2.45. The number of hydrogen-bond acceptors (Lipinski definition) is 1. The van der Waals surface area contributed by atoms with Crippen LogP contribution >= 0.6 is 0 Å². The topological polar surface area (TPSA) is 12.4 Å². The van der Waals surface area contributed by atoms with Crippen molar-refractivity contribution < 1.29 is 0 Å². The van der Waals surface area contributed by atoms with Gasteiger partial charge in [0.1, 0.15) is 0 Å². The molecule has 2 unspecified atom stereocenters. The van der Waals surface area contributed by atoms with Crippen molar-refractivity contribution in [1.82, 2.24) is 0 Å². The van der Waals surface area contributed by atoms with Crippen LogP contribution in [0, 0.1) is 10.8 Å². The second-order valence-electron chi connectivity index (χ2n) is 4.12. The van der Waals surface area contributed by atoms with Crippen LogP contribution in [0.1, 0.15) is 20.3 Å². The molecule has 0 aromatic heterocycles. The molecule has 0 spiro atoms. The zero-order chi connectivity index (χ0) is 7.95. The van der Waals surface area contributed by atoms with Gasteiger partial charge in [-0.05, 0) is 6.42 Å². The van der Waals surface area contributed by atoms with E-state index in [0.717, 1.165) is 0 Å². The molecular formula is C10H13N. The van der Waals surface area contributed by atoms with Crippen molar-refractivity contribution in [2.24, 2.45) is 15.8 Å². The van der Waals surface area contributed by atoms with Crippen molar-refractivity contribution in [3.8, 4) is 0 Å². The van der Waals surface area contributed by atoms with Gasteiger partial charge in [0.05, 0.1) is 0 Å². The highest BCUT2D eigenvalue weighted by molar-refractivity contribution is 5.71. The molecule has 2 rings (SSSR count). The van der Waals surface area contributed by atoms with E-state index in [2.05, 4.69) is 37.1 Å². The lowest BCUT2D eigenvalue weighted by molar-refractivity contribution is 0.434. The third kappa shape index (κ3) is 1.05. The van der Waals surface area contributed by atoms with Crippen LogP contribution in [0.5, 0.6) is 0 Å². The molecule has 11 heavy (non-hydrogen) atoms. The van der Waals surface area contributed by atoms with Crippen molar-refractivity contribution in [1.29, 1.82) is 0 Å². The monoisotopic (exact) mass is 147 g/mol. The van der Waals surface area contributed by atoms with E-state index in [1.54, 1.807) is 0 Å². The van der Waals surface area contributed by atoms with Crippen molar-refractivity contribution in [3.05, 3.63) is 24.4 Å². The zero-order valence-electron chi connectivity index (χ0n) is 7.04. The quantitative estimate of drug-likeness (QED) is 0.467. The minimum absolute atomic E-state index is 0.207. The van der Waals surface area contributed by atoms with Gasteiger partial charge in [0.25, 0.3) is 0 Å². The first kappa shape index (κ1) is 6.84. The minimum atomic E-state index is 0.207. The molecule has 1 heteroatoms. The summed E-state index contributed by atoms with van der Waals surface area (Å²) >= 11 is 0. The van der Waals surface area contributed by atoms with E-state index in [0.29, 0.717) is 0 Å². The summed E-state index contributed by atoms with van der Waals surface area (Å²) in [5, 5.41) is 0. The molecule has 1 heterocycles. The summed E-state index contributed by atoms with van der Waals surface area (Å²) in [4.78, 5) is 4.21. The molecule has 1 aliphatic carbocycles. The summed E-state index contributed by atoms with van der Waals surface area (Å²) in [5.74, 6) is 0. The predicted molar refractivity (Wildman–Crippen MR) is 47.6 cm³/mol. The minimum Gasteiger partial charge on any atom is -0.268 e. The maximum absolute atomic E-state index is 4.21. The van der Waals surface area contributed by atoms with Gasteiger partial charge in [-0.3, -0.25) is 4.99 Å². The van der Waals surface area contributed by atoms with Crippen molar-refractivity contribution in [3.63, 3.8) is 0 Å². The molecular weight excluding hydrogens is 134 g/mol. The van der Waals surface area contributed by atoms with Crippen molar-refractivity contribution in [2.75, 3.05) is 0 Å². The Labute approximate surface area is 67.5 Å². The Morgan fingerprint density at radius 2 is 1.82 bits per heavy atom. The first-order valence-electron chi connectivity index (χ1n) is 4.04. The van der Waals surface area contributed by atoms with Gasteiger partial charge in [-0.15, -0.1) is 0 Å².